The average Bonchev–Trinajstić information content (AvgIpc) is 2.40. The molecule has 4 nitrogen and oxygen atoms in total. The highest BCUT2D eigenvalue weighted by Gasteiger charge is 2.09. The fourth-order valence-electron chi connectivity index (χ4n) is 1.75. The number of rotatable bonds is 9. The van der Waals surface area contributed by atoms with E-state index in [1.807, 2.05) is 26.1 Å². The lowest BCUT2D eigenvalue weighted by Gasteiger charge is -2.19. The van der Waals surface area contributed by atoms with E-state index >= 15 is 0 Å². The molecule has 1 N–H and O–H groups in total. The van der Waals surface area contributed by atoms with Crippen molar-refractivity contribution in [2.45, 2.75) is 39.5 Å². The van der Waals surface area contributed by atoms with Crippen LogP contribution in [0.2, 0.25) is 0 Å². The summed E-state index contributed by atoms with van der Waals surface area (Å²) < 4.78 is 11.0. The number of nitrogens with one attached hydrogen (secondary N) is 1. The van der Waals surface area contributed by atoms with Gasteiger partial charge in [0.2, 0.25) is 0 Å². The van der Waals surface area contributed by atoms with Crippen LogP contribution in [0.1, 0.15) is 38.8 Å². The number of hydrogen-bond acceptors (Lipinski definition) is 4. The average molecular weight is 252 g/mol. The van der Waals surface area contributed by atoms with Gasteiger partial charge in [-0.2, -0.15) is 0 Å². The van der Waals surface area contributed by atoms with Crippen LogP contribution in [-0.4, -0.2) is 31.0 Å². The Kier molecular flexibility index (Phi) is 7.57. The maximum atomic E-state index is 5.50. The Balaban J connectivity index is 2.27. The molecule has 0 saturated carbocycles. The summed E-state index contributed by atoms with van der Waals surface area (Å²) in [7, 11) is 0. The molecule has 4 heteroatoms. The topological polar surface area (TPSA) is 43.4 Å². The largest absolute Gasteiger partial charge is 0.353 e. The van der Waals surface area contributed by atoms with Gasteiger partial charge in [-0.15, -0.1) is 0 Å². The number of aromatic nitrogens is 1. The number of pyridine rings is 1. The molecule has 1 atom stereocenters. The Bertz CT molecular complexity index is 300. The zero-order chi connectivity index (χ0) is 13.2. The van der Waals surface area contributed by atoms with Gasteiger partial charge in [-0.05, 0) is 32.4 Å². The van der Waals surface area contributed by atoms with Crippen LogP contribution in [-0.2, 0) is 9.47 Å². The summed E-state index contributed by atoms with van der Waals surface area (Å²) in [4.78, 5) is 4.12. The van der Waals surface area contributed by atoms with Crippen molar-refractivity contribution < 1.29 is 9.47 Å². The lowest BCUT2D eigenvalue weighted by molar-refractivity contribution is -0.138. The second-order valence-electron chi connectivity index (χ2n) is 4.09. The summed E-state index contributed by atoms with van der Waals surface area (Å²) >= 11 is 0. The summed E-state index contributed by atoms with van der Waals surface area (Å²) in [6.45, 7) is 8.33. The van der Waals surface area contributed by atoms with Crippen LogP contribution in [0.4, 0.5) is 0 Å². The minimum absolute atomic E-state index is 0.103. The minimum atomic E-state index is -0.103. The standard InChI is InChI=1S/C14H24N2O2/c1-4-17-14(18-5-2)8-10-16-12(3)13-7-6-9-15-11-13/h6-7,9,11-12,14,16H,4-5,8,10H2,1-3H3/t12-/m0/s1. The number of nitrogens with zero attached hydrogens (tertiary/aromatic N) is 1. The van der Waals surface area contributed by atoms with Gasteiger partial charge in [-0.3, -0.25) is 4.98 Å². The van der Waals surface area contributed by atoms with Gasteiger partial charge < -0.3 is 14.8 Å². The molecular formula is C14H24N2O2. The molecule has 0 spiro atoms. The smallest absolute Gasteiger partial charge is 0.158 e. The van der Waals surface area contributed by atoms with E-state index in [9.17, 15) is 0 Å². The molecule has 102 valence electrons. The Hall–Kier alpha value is -0.970. The van der Waals surface area contributed by atoms with Crippen LogP contribution < -0.4 is 5.32 Å². The third-order valence-corrected chi connectivity index (χ3v) is 2.72. The summed E-state index contributed by atoms with van der Waals surface area (Å²) in [6, 6.07) is 4.33. The van der Waals surface area contributed by atoms with E-state index < -0.39 is 0 Å². The maximum absolute atomic E-state index is 5.50. The van der Waals surface area contributed by atoms with E-state index in [-0.39, 0.29) is 6.29 Å². The fraction of sp³-hybridized carbons (Fsp3) is 0.643. The van der Waals surface area contributed by atoms with Gasteiger partial charge in [0.15, 0.2) is 6.29 Å². The highest BCUT2D eigenvalue weighted by molar-refractivity contribution is 5.12. The van der Waals surface area contributed by atoms with Gasteiger partial charge in [-0.1, -0.05) is 6.07 Å². The first-order chi connectivity index (χ1) is 8.77. The molecule has 0 fully saturated rings. The van der Waals surface area contributed by atoms with E-state index in [2.05, 4.69) is 23.3 Å². The van der Waals surface area contributed by atoms with Gasteiger partial charge in [0.25, 0.3) is 0 Å². The van der Waals surface area contributed by atoms with Crippen LogP contribution in [0.25, 0.3) is 0 Å². The molecule has 0 bridgehead atoms. The molecule has 0 aliphatic rings. The highest BCUT2D eigenvalue weighted by atomic mass is 16.7. The summed E-state index contributed by atoms with van der Waals surface area (Å²) in [6.07, 6.45) is 4.43. The molecule has 0 aliphatic heterocycles. The molecule has 1 aromatic rings. The Labute approximate surface area is 110 Å². The van der Waals surface area contributed by atoms with E-state index in [1.54, 1.807) is 6.20 Å². The number of hydrogen-bond donors (Lipinski definition) is 1. The van der Waals surface area contributed by atoms with Crippen LogP contribution in [0, 0.1) is 0 Å². The lowest BCUT2D eigenvalue weighted by Crippen LogP contribution is -2.26. The van der Waals surface area contributed by atoms with Crippen LogP contribution in [0.5, 0.6) is 0 Å². The predicted octanol–water partition coefficient (Wildman–Crippen LogP) is 2.52. The second-order valence-corrected chi connectivity index (χ2v) is 4.09. The highest BCUT2D eigenvalue weighted by Crippen LogP contribution is 2.10. The van der Waals surface area contributed by atoms with E-state index in [1.165, 1.54) is 5.56 Å². The Morgan fingerprint density at radius 2 is 2.00 bits per heavy atom. The summed E-state index contributed by atoms with van der Waals surface area (Å²) in [5.41, 5.74) is 1.20. The first-order valence-corrected chi connectivity index (χ1v) is 6.64. The molecular weight excluding hydrogens is 228 g/mol. The Morgan fingerprint density at radius 3 is 2.56 bits per heavy atom. The van der Waals surface area contributed by atoms with E-state index in [4.69, 9.17) is 9.47 Å². The van der Waals surface area contributed by atoms with Crippen molar-refractivity contribution >= 4 is 0 Å². The zero-order valence-corrected chi connectivity index (χ0v) is 11.6. The van der Waals surface area contributed by atoms with Crippen molar-refractivity contribution in [3.63, 3.8) is 0 Å². The minimum Gasteiger partial charge on any atom is -0.353 e. The molecule has 0 aliphatic carbocycles. The van der Waals surface area contributed by atoms with Crippen molar-refractivity contribution in [2.75, 3.05) is 19.8 Å². The van der Waals surface area contributed by atoms with Crippen molar-refractivity contribution in [3.8, 4) is 0 Å². The second kappa shape index (κ2) is 9.03. The van der Waals surface area contributed by atoms with Crippen molar-refractivity contribution in [3.05, 3.63) is 30.1 Å². The van der Waals surface area contributed by atoms with Crippen molar-refractivity contribution in [1.29, 1.82) is 0 Å². The first kappa shape index (κ1) is 15.1. The monoisotopic (exact) mass is 252 g/mol. The molecule has 18 heavy (non-hydrogen) atoms. The Morgan fingerprint density at radius 1 is 1.28 bits per heavy atom. The number of ether oxygens (including phenoxy) is 2. The van der Waals surface area contributed by atoms with Crippen molar-refractivity contribution in [1.82, 2.24) is 10.3 Å². The predicted molar refractivity (Wildman–Crippen MR) is 72.3 cm³/mol. The summed E-state index contributed by atoms with van der Waals surface area (Å²) in [5, 5.41) is 3.45. The quantitative estimate of drug-likeness (QED) is 0.686. The van der Waals surface area contributed by atoms with Crippen LogP contribution in [0.15, 0.2) is 24.5 Å². The molecule has 1 rings (SSSR count). The van der Waals surface area contributed by atoms with Gasteiger partial charge in [-0.25, -0.2) is 0 Å². The van der Waals surface area contributed by atoms with E-state index in [0.29, 0.717) is 19.3 Å². The van der Waals surface area contributed by atoms with Crippen LogP contribution in [0.3, 0.4) is 0 Å². The molecule has 1 aromatic heterocycles. The van der Waals surface area contributed by atoms with Gasteiger partial charge in [0, 0.05) is 44.6 Å². The fourth-order valence-corrected chi connectivity index (χ4v) is 1.75. The molecule has 0 unspecified atom stereocenters. The molecule has 0 saturated heterocycles. The molecule has 1 heterocycles. The van der Waals surface area contributed by atoms with Crippen LogP contribution >= 0.6 is 0 Å². The first-order valence-electron chi connectivity index (χ1n) is 6.64. The molecule has 0 amide bonds. The normalized spacial score (nSPS) is 12.9. The van der Waals surface area contributed by atoms with Crippen molar-refractivity contribution in [2.24, 2.45) is 0 Å². The zero-order valence-electron chi connectivity index (χ0n) is 11.6. The van der Waals surface area contributed by atoms with Gasteiger partial charge in [0.1, 0.15) is 0 Å². The lowest BCUT2D eigenvalue weighted by atomic mass is 10.1. The van der Waals surface area contributed by atoms with Gasteiger partial charge in [0.05, 0.1) is 0 Å². The maximum Gasteiger partial charge on any atom is 0.158 e. The third-order valence-electron chi connectivity index (χ3n) is 2.72. The van der Waals surface area contributed by atoms with E-state index in [0.717, 1.165) is 13.0 Å². The third kappa shape index (κ3) is 5.58. The summed E-state index contributed by atoms with van der Waals surface area (Å²) in [5.74, 6) is 0. The SMILES string of the molecule is CCOC(CCN[C@@H](C)c1cccnc1)OCC. The molecule has 0 aromatic carbocycles. The van der Waals surface area contributed by atoms with Gasteiger partial charge >= 0.3 is 0 Å². The molecule has 0 radical (unpaired) electrons.